The van der Waals surface area contributed by atoms with Gasteiger partial charge in [0, 0.05) is 32.7 Å². The number of ether oxygens (including phenoxy) is 1. The number of piperazine rings is 1. The van der Waals surface area contributed by atoms with Crippen LogP contribution in [0.4, 0.5) is 0 Å². The van der Waals surface area contributed by atoms with E-state index in [1.54, 1.807) is 0 Å². The highest BCUT2D eigenvalue weighted by Gasteiger charge is 2.13. The molecule has 2 aliphatic rings. The van der Waals surface area contributed by atoms with Crippen LogP contribution in [-0.4, -0.2) is 68.6 Å². The van der Waals surface area contributed by atoms with Crippen molar-refractivity contribution < 1.29 is 9.53 Å². The lowest BCUT2D eigenvalue weighted by Gasteiger charge is -2.32. The highest BCUT2D eigenvalue weighted by molar-refractivity contribution is 5.77. The summed E-state index contributed by atoms with van der Waals surface area (Å²) < 4.78 is 5.62. The Hall–Kier alpha value is -1.59. The first-order chi connectivity index (χ1) is 11.7. The summed E-state index contributed by atoms with van der Waals surface area (Å²) in [6.07, 6.45) is 4.52. The summed E-state index contributed by atoms with van der Waals surface area (Å²) >= 11 is 0. The van der Waals surface area contributed by atoms with Gasteiger partial charge in [0.25, 0.3) is 5.91 Å². The summed E-state index contributed by atoms with van der Waals surface area (Å²) in [5.41, 5.74) is 2.80. The second-order valence-electron chi connectivity index (χ2n) is 6.92. The molecule has 0 unspecified atom stereocenters. The number of likely N-dealkylation sites (N-methyl/N-ethyl adjacent to an activating group) is 1. The monoisotopic (exact) mass is 331 g/mol. The Morgan fingerprint density at radius 1 is 1.17 bits per heavy atom. The van der Waals surface area contributed by atoms with E-state index in [4.69, 9.17) is 4.74 Å². The number of benzene rings is 1. The van der Waals surface area contributed by atoms with Crippen LogP contribution >= 0.6 is 0 Å². The molecule has 5 nitrogen and oxygen atoms in total. The molecule has 0 saturated carbocycles. The molecule has 1 N–H and O–H groups in total. The predicted molar refractivity (Wildman–Crippen MR) is 95.5 cm³/mol. The highest BCUT2D eigenvalue weighted by atomic mass is 16.5. The van der Waals surface area contributed by atoms with Crippen LogP contribution in [0.15, 0.2) is 18.2 Å². The van der Waals surface area contributed by atoms with E-state index in [1.165, 1.54) is 24.0 Å². The van der Waals surface area contributed by atoms with Crippen LogP contribution in [-0.2, 0) is 17.6 Å². The molecule has 0 aromatic heterocycles. The van der Waals surface area contributed by atoms with Gasteiger partial charge >= 0.3 is 0 Å². The molecule has 1 heterocycles. The minimum atomic E-state index is -0.0334. The molecule has 1 aromatic rings. The molecule has 0 atom stereocenters. The van der Waals surface area contributed by atoms with Crippen molar-refractivity contribution in [3.8, 4) is 5.75 Å². The SMILES string of the molecule is CN1CCN(CCCNC(=O)COc2ccc3c(c2)CCC3)CC1. The van der Waals surface area contributed by atoms with Crippen molar-refractivity contribution >= 4 is 5.91 Å². The Bertz CT molecular complexity index is 554. The van der Waals surface area contributed by atoms with Gasteiger partial charge in [-0.1, -0.05) is 6.07 Å². The second-order valence-corrected chi connectivity index (χ2v) is 6.92. The van der Waals surface area contributed by atoms with Gasteiger partial charge in [-0.15, -0.1) is 0 Å². The molecular weight excluding hydrogens is 302 g/mol. The zero-order chi connectivity index (χ0) is 16.8. The first kappa shape index (κ1) is 17.2. The minimum Gasteiger partial charge on any atom is -0.484 e. The van der Waals surface area contributed by atoms with E-state index < -0.39 is 0 Å². The number of nitrogens with zero attached hydrogens (tertiary/aromatic N) is 2. The fraction of sp³-hybridized carbons (Fsp3) is 0.632. The van der Waals surface area contributed by atoms with Crippen molar-refractivity contribution in [3.05, 3.63) is 29.3 Å². The molecule has 1 amide bonds. The van der Waals surface area contributed by atoms with E-state index in [9.17, 15) is 4.79 Å². The number of fused-ring (bicyclic) bond motifs is 1. The molecule has 1 aromatic carbocycles. The highest BCUT2D eigenvalue weighted by Crippen LogP contribution is 2.25. The summed E-state index contributed by atoms with van der Waals surface area (Å²) in [7, 11) is 2.17. The van der Waals surface area contributed by atoms with Crippen LogP contribution in [0, 0.1) is 0 Å². The maximum atomic E-state index is 11.9. The Morgan fingerprint density at radius 2 is 1.96 bits per heavy atom. The predicted octanol–water partition coefficient (Wildman–Crippen LogP) is 1.31. The molecule has 1 saturated heterocycles. The number of nitrogens with one attached hydrogen (secondary N) is 1. The molecule has 1 fully saturated rings. The Balaban J connectivity index is 1.29. The largest absolute Gasteiger partial charge is 0.484 e. The summed E-state index contributed by atoms with van der Waals surface area (Å²) in [6, 6.07) is 6.19. The van der Waals surface area contributed by atoms with E-state index in [0.717, 1.165) is 57.9 Å². The molecule has 3 rings (SSSR count). The van der Waals surface area contributed by atoms with Gasteiger partial charge in [-0.25, -0.2) is 0 Å². The lowest BCUT2D eigenvalue weighted by Crippen LogP contribution is -2.45. The van der Waals surface area contributed by atoms with Gasteiger partial charge in [0.2, 0.25) is 0 Å². The van der Waals surface area contributed by atoms with Crippen LogP contribution in [0.25, 0.3) is 0 Å². The lowest BCUT2D eigenvalue weighted by atomic mass is 10.1. The molecular formula is C19H29N3O2. The molecule has 0 bridgehead atoms. The molecule has 5 heteroatoms. The van der Waals surface area contributed by atoms with Gasteiger partial charge in [0.15, 0.2) is 6.61 Å². The number of carbonyl (C=O) groups is 1. The van der Waals surface area contributed by atoms with Crippen LogP contribution < -0.4 is 10.1 Å². The average molecular weight is 331 g/mol. The zero-order valence-electron chi connectivity index (χ0n) is 14.7. The fourth-order valence-corrected chi connectivity index (χ4v) is 3.44. The molecule has 0 spiro atoms. The Labute approximate surface area is 145 Å². The standard InChI is InChI=1S/C19H29N3O2/c1-21-10-12-22(13-11-21)9-3-8-20-19(23)15-24-18-7-6-16-4-2-5-17(16)14-18/h6-7,14H,2-5,8-13,15H2,1H3,(H,20,23). The number of hydrogen-bond acceptors (Lipinski definition) is 4. The average Bonchev–Trinajstić information content (AvgIpc) is 3.06. The van der Waals surface area contributed by atoms with Gasteiger partial charge in [0.05, 0.1) is 0 Å². The quantitative estimate of drug-likeness (QED) is 0.765. The first-order valence-electron chi connectivity index (χ1n) is 9.13. The molecule has 0 radical (unpaired) electrons. The molecule has 132 valence electrons. The normalized spacial score (nSPS) is 18.4. The summed E-state index contributed by atoms with van der Waals surface area (Å²) in [4.78, 5) is 16.7. The van der Waals surface area contributed by atoms with E-state index in [0.29, 0.717) is 0 Å². The van der Waals surface area contributed by atoms with Crippen LogP contribution in [0.5, 0.6) is 5.75 Å². The minimum absolute atomic E-state index is 0.0334. The van der Waals surface area contributed by atoms with Crippen molar-refractivity contribution in [3.63, 3.8) is 0 Å². The number of amides is 1. The van der Waals surface area contributed by atoms with E-state index in [-0.39, 0.29) is 12.5 Å². The second kappa shape index (κ2) is 8.49. The summed E-state index contributed by atoms with van der Waals surface area (Å²) in [5, 5.41) is 2.95. The van der Waals surface area contributed by atoms with Crippen molar-refractivity contribution in [1.82, 2.24) is 15.1 Å². The van der Waals surface area contributed by atoms with Crippen LogP contribution in [0.3, 0.4) is 0 Å². The molecule has 1 aliphatic heterocycles. The van der Waals surface area contributed by atoms with E-state index >= 15 is 0 Å². The maximum Gasteiger partial charge on any atom is 0.257 e. The lowest BCUT2D eigenvalue weighted by molar-refractivity contribution is -0.123. The van der Waals surface area contributed by atoms with Crippen LogP contribution in [0.2, 0.25) is 0 Å². The van der Waals surface area contributed by atoms with Crippen LogP contribution in [0.1, 0.15) is 24.0 Å². The van der Waals surface area contributed by atoms with Gasteiger partial charge < -0.3 is 19.9 Å². The topological polar surface area (TPSA) is 44.8 Å². The number of rotatable bonds is 7. The summed E-state index contributed by atoms with van der Waals surface area (Å²) in [5.74, 6) is 0.775. The smallest absolute Gasteiger partial charge is 0.257 e. The van der Waals surface area contributed by atoms with Crippen molar-refractivity contribution in [1.29, 1.82) is 0 Å². The number of carbonyl (C=O) groups excluding carboxylic acids is 1. The van der Waals surface area contributed by atoms with E-state index in [2.05, 4.69) is 34.3 Å². The maximum absolute atomic E-state index is 11.9. The third-order valence-corrected chi connectivity index (χ3v) is 5.01. The van der Waals surface area contributed by atoms with Crippen molar-refractivity contribution in [2.45, 2.75) is 25.7 Å². The van der Waals surface area contributed by atoms with Gasteiger partial charge in [0.1, 0.15) is 5.75 Å². The number of aryl methyl sites for hydroxylation is 2. The Kier molecular flexibility index (Phi) is 6.10. The van der Waals surface area contributed by atoms with Crippen molar-refractivity contribution in [2.75, 3.05) is 52.9 Å². The Morgan fingerprint density at radius 3 is 2.79 bits per heavy atom. The third kappa shape index (κ3) is 4.95. The molecule has 1 aliphatic carbocycles. The fourth-order valence-electron chi connectivity index (χ4n) is 3.44. The van der Waals surface area contributed by atoms with Crippen molar-refractivity contribution in [2.24, 2.45) is 0 Å². The van der Waals surface area contributed by atoms with Gasteiger partial charge in [-0.05, 0) is 62.5 Å². The summed E-state index contributed by atoms with van der Waals surface area (Å²) in [6.45, 7) is 6.42. The first-order valence-corrected chi connectivity index (χ1v) is 9.13. The van der Waals surface area contributed by atoms with E-state index in [1.807, 2.05) is 6.07 Å². The third-order valence-electron chi connectivity index (χ3n) is 5.01. The number of hydrogen-bond donors (Lipinski definition) is 1. The van der Waals surface area contributed by atoms with Gasteiger partial charge in [-0.2, -0.15) is 0 Å². The molecule has 24 heavy (non-hydrogen) atoms. The van der Waals surface area contributed by atoms with Gasteiger partial charge in [-0.3, -0.25) is 4.79 Å². The zero-order valence-corrected chi connectivity index (χ0v) is 14.7.